The summed E-state index contributed by atoms with van der Waals surface area (Å²) in [6, 6.07) is 29.4. The Hall–Kier alpha value is -3.13. The third-order valence-electron chi connectivity index (χ3n) is 5.54. The summed E-state index contributed by atoms with van der Waals surface area (Å²) in [5, 5.41) is 10.0. The number of aromatic nitrogens is 1. The largest absolute Gasteiger partial charge is 0.361 e. The second kappa shape index (κ2) is 7.85. The van der Waals surface area contributed by atoms with Crippen LogP contribution < -0.4 is 0 Å². The fourth-order valence-electron chi connectivity index (χ4n) is 4.25. The molecule has 3 aromatic carbocycles. The molecule has 2 heteroatoms. The van der Waals surface area contributed by atoms with E-state index in [1.807, 2.05) is 18.2 Å². The fraction of sp³-hybridized carbons (Fsp3) is 0.192. The molecule has 2 N–H and O–H groups in total. The van der Waals surface area contributed by atoms with Crippen LogP contribution in [-0.2, 0) is 18.3 Å². The standard InChI is InChI=1S/C26H26N2/c1-26(17-21-12-6-3-7-13-21,18-22(27)16-20-10-4-2-5-11-20)24-19-28-25-15-9-8-14-23(24)25/h2-15,19,27-28H,16-18H2,1H3. The maximum absolute atomic E-state index is 8.75. The molecule has 0 aliphatic carbocycles. The lowest BCUT2D eigenvalue weighted by Gasteiger charge is -2.30. The third kappa shape index (κ3) is 3.91. The van der Waals surface area contributed by atoms with E-state index in [1.54, 1.807) is 0 Å². The molecule has 0 fully saturated rings. The van der Waals surface area contributed by atoms with E-state index in [-0.39, 0.29) is 5.41 Å². The number of hydrogen-bond donors (Lipinski definition) is 2. The Morgan fingerprint density at radius 3 is 2.14 bits per heavy atom. The number of para-hydroxylation sites is 1. The molecule has 0 saturated carbocycles. The predicted octanol–water partition coefficient (Wildman–Crippen LogP) is 6.32. The highest BCUT2D eigenvalue weighted by Crippen LogP contribution is 2.37. The van der Waals surface area contributed by atoms with Crippen LogP contribution in [0.5, 0.6) is 0 Å². The van der Waals surface area contributed by atoms with Gasteiger partial charge in [0.05, 0.1) is 0 Å². The maximum atomic E-state index is 8.75. The number of aromatic amines is 1. The van der Waals surface area contributed by atoms with Gasteiger partial charge in [-0.05, 0) is 35.6 Å². The molecule has 0 bridgehead atoms. The zero-order chi connectivity index (χ0) is 19.4. The number of benzene rings is 3. The SMILES string of the molecule is CC(CC(=N)Cc1ccccc1)(Cc1ccccc1)c1c[nH]c2ccccc12. The Labute approximate surface area is 166 Å². The first-order valence-electron chi connectivity index (χ1n) is 9.85. The average molecular weight is 367 g/mol. The Bertz CT molecular complexity index is 1060. The predicted molar refractivity (Wildman–Crippen MR) is 118 cm³/mol. The van der Waals surface area contributed by atoms with Crippen LogP contribution in [0.4, 0.5) is 0 Å². The highest BCUT2D eigenvalue weighted by Gasteiger charge is 2.31. The van der Waals surface area contributed by atoms with Crippen LogP contribution in [0.15, 0.2) is 91.1 Å². The summed E-state index contributed by atoms with van der Waals surface area (Å²) in [7, 11) is 0. The lowest BCUT2D eigenvalue weighted by Crippen LogP contribution is -2.29. The first-order valence-corrected chi connectivity index (χ1v) is 9.85. The van der Waals surface area contributed by atoms with E-state index in [1.165, 1.54) is 22.1 Å². The Morgan fingerprint density at radius 2 is 1.43 bits per heavy atom. The van der Waals surface area contributed by atoms with Crippen LogP contribution in [-0.4, -0.2) is 10.7 Å². The van der Waals surface area contributed by atoms with E-state index < -0.39 is 0 Å². The van der Waals surface area contributed by atoms with E-state index in [2.05, 4.69) is 84.8 Å². The molecule has 4 rings (SSSR count). The van der Waals surface area contributed by atoms with Gasteiger partial charge < -0.3 is 10.4 Å². The Balaban J connectivity index is 1.68. The van der Waals surface area contributed by atoms with E-state index in [9.17, 15) is 0 Å². The molecule has 2 nitrogen and oxygen atoms in total. The number of hydrogen-bond acceptors (Lipinski definition) is 1. The highest BCUT2D eigenvalue weighted by molar-refractivity contribution is 5.88. The van der Waals surface area contributed by atoms with E-state index in [0.29, 0.717) is 6.42 Å². The summed E-state index contributed by atoms with van der Waals surface area (Å²) in [6.45, 7) is 2.30. The van der Waals surface area contributed by atoms with Gasteiger partial charge in [0, 0.05) is 34.6 Å². The molecule has 0 radical (unpaired) electrons. The van der Waals surface area contributed by atoms with Crippen molar-refractivity contribution in [2.75, 3.05) is 0 Å². The van der Waals surface area contributed by atoms with Gasteiger partial charge in [-0.1, -0.05) is 85.8 Å². The van der Waals surface area contributed by atoms with Gasteiger partial charge >= 0.3 is 0 Å². The first-order chi connectivity index (χ1) is 13.6. The normalized spacial score (nSPS) is 13.3. The second-order valence-corrected chi connectivity index (χ2v) is 7.91. The molecule has 0 amide bonds. The van der Waals surface area contributed by atoms with Gasteiger partial charge in [-0.2, -0.15) is 0 Å². The van der Waals surface area contributed by atoms with Crippen molar-refractivity contribution in [1.82, 2.24) is 4.98 Å². The van der Waals surface area contributed by atoms with E-state index in [4.69, 9.17) is 5.41 Å². The van der Waals surface area contributed by atoms with Crippen molar-refractivity contribution in [2.24, 2.45) is 0 Å². The fourth-order valence-corrected chi connectivity index (χ4v) is 4.25. The van der Waals surface area contributed by atoms with Gasteiger partial charge in [-0.25, -0.2) is 0 Å². The molecule has 140 valence electrons. The molecule has 1 atom stereocenters. The minimum atomic E-state index is -0.146. The minimum Gasteiger partial charge on any atom is -0.361 e. The van der Waals surface area contributed by atoms with E-state index in [0.717, 1.165) is 24.1 Å². The Kier molecular flexibility index (Phi) is 5.12. The van der Waals surface area contributed by atoms with Crippen LogP contribution in [0.2, 0.25) is 0 Å². The third-order valence-corrected chi connectivity index (χ3v) is 5.54. The van der Waals surface area contributed by atoms with Crippen LogP contribution in [0.25, 0.3) is 10.9 Å². The second-order valence-electron chi connectivity index (χ2n) is 7.91. The smallest absolute Gasteiger partial charge is 0.0457 e. The topological polar surface area (TPSA) is 39.6 Å². The van der Waals surface area contributed by atoms with Crippen molar-refractivity contribution in [3.8, 4) is 0 Å². The molecule has 1 unspecified atom stereocenters. The number of H-pyrrole nitrogens is 1. The summed E-state index contributed by atoms with van der Waals surface area (Å²) in [6.07, 6.45) is 4.49. The average Bonchev–Trinajstić information content (AvgIpc) is 3.14. The quantitative estimate of drug-likeness (QED) is 0.359. The number of fused-ring (bicyclic) bond motifs is 1. The maximum Gasteiger partial charge on any atom is 0.0457 e. The summed E-state index contributed by atoms with van der Waals surface area (Å²) in [5.41, 5.74) is 5.59. The number of rotatable bonds is 7. The molecule has 28 heavy (non-hydrogen) atoms. The van der Waals surface area contributed by atoms with Gasteiger partial charge in [0.25, 0.3) is 0 Å². The van der Waals surface area contributed by atoms with Crippen molar-refractivity contribution in [3.63, 3.8) is 0 Å². The van der Waals surface area contributed by atoms with Gasteiger partial charge in [0.2, 0.25) is 0 Å². The molecule has 0 saturated heterocycles. The minimum absolute atomic E-state index is 0.146. The molecule has 0 aliphatic heterocycles. The van der Waals surface area contributed by atoms with Crippen LogP contribution in [0.3, 0.4) is 0 Å². The van der Waals surface area contributed by atoms with Crippen LogP contribution in [0.1, 0.15) is 30.0 Å². The van der Waals surface area contributed by atoms with Crippen molar-refractivity contribution in [2.45, 2.75) is 31.6 Å². The summed E-state index contributed by atoms with van der Waals surface area (Å²) in [5.74, 6) is 0. The van der Waals surface area contributed by atoms with Crippen molar-refractivity contribution in [3.05, 3.63) is 108 Å². The van der Waals surface area contributed by atoms with Crippen molar-refractivity contribution < 1.29 is 0 Å². The van der Waals surface area contributed by atoms with Gasteiger partial charge in [-0.3, -0.25) is 0 Å². The lowest BCUT2D eigenvalue weighted by molar-refractivity contribution is 0.489. The van der Waals surface area contributed by atoms with Crippen LogP contribution >= 0.6 is 0 Å². The summed E-state index contributed by atoms with van der Waals surface area (Å²) >= 11 is 0. The van der Waals surface area contributed by atoms with Crippen LogP contribution in [0, 0.1) is 5.41 Å². The monoisotopic (exact) mass is 366 g/mol. The first kappa shape index (κ1) is 18.2. The van der Waals surface area contributed by atoms with Gasteiger partial charge in [-0.15, -0.1) is 0 Å². The Morgan fingerprint density at radius 1 is 0.821 bits per heavy atom. The lowest BCUT2D eigenvalue weighted by atomic mass is 9.73. The molecule has 0 spiro atoms. The zero-order valence-corrected chi connectivity index (χ0v) is 16.3. The molecule has 0 aliphatic rings. The van der Waals surface area contributed by atoms with Gasteiger partial charge in [0.15, 0.2) is 0 Å². The molecule has 1 heterocycles. The highest BCUT2D eigenvalue weighted by atomic mass is 14.7. The molecular weight excluding hydrogens is 340 g/mol. The molecular formula is C26H26N2. The van der Waals surface area contributed by atoms with E-state index >= 15 is 0 Å². The summed E-state index contributed by atoms with van der Waals surface area (Å²) < 4.78 is 0. The summed E-state index contributed by atoms with van der Waals surface area (Å²) in [4.78, 5) is 3.43. The van der Waals surface area contributed by atoms with Crippen molar-refractivity contribution in [1.29, 1.82) is 5.41 Å². The molecule has 4 aromatic rings. The number of nitrogens with one attached hydrogen (secondary N) is 2. The molecule has 1 aromatic heterocycles. The van der Waals surface area contributed by atoms with Crippen molar-refractivity contribution >= 4 is 16.6 Å². The zero-order valence-electron chi connectivity index (χ0n) is 16.3. The van der Waals surface area contributed by atoms with Gasteiger partial charge in [0.1, 0.15) is 0 Å².